The number of amides is 2. The first-order chi connectivity index (χ1) is 15.9. The minimum absolute atomic E-state index is 0.0752. The summed E-state index contributed by atoms with van der Waals surface area (Å²) in [6.45, 7) is 2.79. The van der Waals surface area contributed by atoms with Crippen LogP contribution >= 0.6 is 22.9 Å². The van der Waals surface area contributed by atoms with E-state index in [0.29, 0.717) is 43.8 Å². The van der Waals surface area contributed by atoms with E-state index in [0.717, 1.165) is 37.2 Å². The summed E-state index contributed by atoms with van der Waals surface area (Å²) in [6, 6.07) is 6.87. The Kier molecular flexibility index (Phi) is 7.34. The number of carbonyl (C=O) groups excluding carboxylic acids is 3. The molecule has 1 spiro atoms. The van der Waals surface area contributed by atoms with Crippen molar-refractivity contribution < 1.29 is 19.1 Å². The first-order valence-corrected chi connectivity index (χ1v) is 12.5. The van der Waals surface area contributed by atoms with Gasteiger partial charge in [-0.2, -0.15) is 0 Å². The lowest BCUT2D eigenvalue weighted by Gasteiger charge is -2.39. The third-order valence-electron chi connectivity index (χ3n) is 6.72. The van der Waals surface area contributed by atoms with Crippen molar-refractivity contribution in [1.29, 1.82) is 0 Å². The molecule has 0 radical (unpaired) electrons. The monoisotopic (exact) mass is 489 g/mol. The van der Waals surface area contributed by atoms with Crippen LogP contribution < -0.4 is 4.74 Å². The van der Waals surface area contributed by atoms with Gasteiger partial charge in [0.25, 0.3) is 5.91 Å². The molecule has 0 N–H and O–H groups in total. The molecule has 0 bridgehead atoms. The molecule has 0 aromatic carbocycles. The van der Waals surface area contributed by atoms with Gasteiger partial charge in [0, 0.05) is 50.7 Å². The zero-order valence-corrected chi connectivity index (χ0v) is 20.3. The highest BCUT2D eigenvalue weighted by atomic mass is 35.5. The average Bonchev–Trinajstić information content (AvgIpc) is 3.50. The average molecular weight is 490 g/mol. The van der Waals surface area contributed by atoms with E-state index in [9.17, 15) is 14.4 Å². The number of ketones is 1. The first kappa shape index (κ1) is 23.7. The molecule has 7 nitrogen and oxygen atoms in total. The minimum atomic E-state index is -0.0752. The van der Waals surface area contributed by atoms with Gasteiger partial charge in [0.1, 0.15) is 5.15 Å². The second-order valence-corrected chi connectivity index (χ2v) is 10.2. The van der Waals surface area contributed by atoms with Gasteiger partial charge in [-0.3, -0.25) is 14.4 Å². The highest BCUT2D eigenvalue weighted by Gasteiger charge is 2.42. The lowest BCUT2D eigenvalue weighted by molar-refractivity contribution is -0.130. The highest BCUT2D eigenvalue weighted by molar-refractivity contribution is 7.12. The Bertz CT molecular complexity index is 1020. The Morgan fingerprint density at radius 2 is 1.85 bits per heavy atom. The van der Waals surface area contributed by atoms with Crippen molar-refractivity contribution in [3.63, 3.8) is 0 Å². The van der Waals surface area contributed by atoms with Crippen LogP contribution in [0, 0.1) is 5.41 Å². The van der Waals surface area contributed by atoms with Crippen molar-refractivity contribution in [2.45, 2.75) is 38.5 Å². The number of hydrogen-bond donors (Lipinski definition) is 0. The van der Waals surface area contributed by atoms with Crippen molar-refractivity contribution in [3.05, 3.63) is 45.2 Å². The lowest BCUT2D eigenvalue weighted by atomic mass is 9.77. The topological polar surface area (TPSA) is 79.8 Å². The summed E-state index contributed by atoms with van der Waals surface area (Å²) in [5.41, 5.74) is 0.551. The molecular formula is C24H28ClN3O4S. The highest BCUT2D eigenvalue weighted by Crippen LogP contribution is 2.41. The number of hydrogen-bond acceptors (Lipinski definition) is 6. The van der Waals surface area contributed by atoms with Crippen molar-refractivity contribution in [1.82, 2.24) is 14.8 Å². The predicted molar refractivity (Wildman–Crippen MR) is 127 cm³/mol. The molecule has 2 aliphatic rings. The number of rotatable bonds is 7. The number of Topliss-reactive ketones (excluding diaryl/α,β-unsaturated/α-hetero) is 1. The van der Waals surface area contributed by atoms with Crippen molar-refractivity contribution in [3.8, 4) is 5.88 Å². The van der Waals surface area contributed by atoms with Crippen LogP contribution in [0.15, 0.2) is 29.6 Å². The zero-order valence-electron chi connectivity index (χ0n) is 18.7. The Hall–Kier alpha value is -2.45. The number of likely N-dealkylation sites (tertiary alicyclic amines) is 2. The molecule has 33 heavy (non-hydrogen) atoms. The van der Waals surface area contributed by atoms with Crippen LogP contribution in [0.1, 0.15) is 58.6 Å². The van der Waals surface area contributed by atoms with Crippen LogP contribution in [0.5, 0.6) is 5.88 Å². The number of aromatic nitrogens is 1. The van der Waals surface area contributed by atoms with Gasteiger partial charge in [-0.15, -0.1) is 11.3 Å². The maximum Gasteiger partial charge on any atom is 0.254 e. The molecule has 176 valence electrons. The van der Waals surface area contributed by atoms with E-state index in [1.54, 1.807) is 12.1 Å². The number of halogens is 1. The fraction of sp³-hybridized carbons (Fsp3) is 0.500. The van der Waals surface area contributed by atoms with Crippen LogP contribution in [-0.4, -0.2) is 65.7 Å². The molecule has 0 saturated carbocycles. The Labute approximate surface area is 202 Å². The number of pyridine rings is 1. The number of nitrogens with zero attached hydrogens (tertiary/aromatic N) is 3. The fourth-order valence-electron chi connectivity index (χ4n) is 4.74. The maximum absolute atomic E-state index is 12.9. The molecule has 2 fully saturated rings. The third-order valence-corrected chi connectivity index (χ3v) is 7.82. The molecule has 2 aromatic heterocycles. The molecular weight excluding hydrogens is 462 g/mol. The summed E-state index contributed by atoms with van der Waals surface area (Å²) < 4.78 is 5.12. The quantitative estimate of drug-likeness (QED) is 0.427. The fourth-order valence-corrected chi connectivity index (χ4v) is 5.64. The number of piperidine rings is 1. The van der Waals surface area contributed by atoms with Crippen LogP contribution in [0.25, 0.3) is 0 Å². The van der Waals surface area contributed by atoms with E-state index in [4.69, 9.17) is 16.3 Å². The Balaban J connectivity index is 1.25. The van der Waals surface area contributed by atoms with E-state index < -0.39 is 0 Å². The largest absolute Gasteiger partial charge is 0.481 e. The van der Waals surface area contributed by atoms with Crippen LogP contribution in [-0.2, 0) is 4.79 Å². The van der Waals surface area contributed by atoms with Gasteiger partial charge in [0.2, 0.25) is 11.8 Å². The zero-order chi connectivity index (χ0) is 23.4. The standard InChI is InChI=1S/C24H28ClN3O4S/c1-32-21-15-17(14-20(25)26-21)23(31)27-10-7-24(8-11-27)9-12-28(16-24)22(30)6-2-4-18(29)19-5-3-13-33-19/h3,5,13-15H,2,4,6-12,16H2,1H3. The van der Waals surface area contributed by atoms with Crippen molar-refractivity contribution in [2.75, 3.05) is 33.3 Å². The van der Waals surface area contributed by atoms with Gasteiger partial charge in [-0.05, 0) is 48.6 Å². The SMILES string of the molecule is COc1cc(C(=O)N2CCC3(CCN(C(=O)CCCC(=O)c4cccs4)C3)CC2)cc(Cl)n1. The Morgan fingerprint density at radius 1 is 1.12 bits per heavy atom. The van der Waals surface area contributed by atoms with Crippen LogP contribution in [0.4, 0.5) is 0 Å². The number of carbonyl (C=O) groups is 3. The minimum Gasteiger partial charge on any atom is -0.481 e. The summed E-state index contributed by atoms with van der Waals surface area (Å²) >= 11 is 7.46. The second kappa shape index (κ2) is 10.2. The normalized spacial score (nSPS) is 17.4. The van der Waals surface area contributed by atoms with E-state index in [1.165, 1.54) is 18.4 Å². The molecule has 2 saturated heterocycles. The molecule has 0 aliphatic carbocycles. The number of ether oxygens (including phenoxy) is 1. The molecule has 2 amide bonds. The van der Waals surface area contributed by atoms with Crippen molar-refractivity contribution in [2.24, 2.45) is 5.41 Å². The van der Waals surface area contributed by atoms with E-state index in [-0.39, 0.29) is 28.2 Å². The predicted octanol–water partition coefficient (Wildman–Crippen LogP) is 4.31. The molecule has 2 aliphatic heterocycles. The number of methoxy groups -OCH3 is 1. The van der Waals surface area contributed by atoms with E-state index >= 15 is 0 Å². The Morgan fingerprint density at radius 3 is 2.52 bits per heavy atom. The summed E-state index contributed by atoms with van der Waals surface area (Å²) in [6.07, 6.45) is 4.10. The van der Waals surface area contributed by atoms with E-state index in [1.807, 2.05) is 27.3 Å². The van der Waals surface area contributed by atoms with Crippen molar-refractivity contribution >= 4 is 40.5 Å². The van der Waals surface area contributed by atoms with Gasteiger partial charge in [-0.1, -0.05) is 17.7 Å². The molecule has 2 aromatic rings. The molecule has 0 unspecified atom stereocenters. The van der Waals surface area contributed by atoms with Gasteiger partial charge >= 0.3 is 0 Å². The lowest BCUT2D eigenvalue weighted by Crippen LogP contribution is -2.44. The number of thiophene rings is 1. The van der Waals surface area contributed by atoms with Gasteiger partial charge in [0.05, 0.1) is 12.0 Å². The summed E-state index contributed by atoms with van der Waals surface area (Å²) in [4.78, 5) is 46.4. The maximum atomic E-state index is 12.9. The summed E-state index contributed by atoms with van der Waals surface area (Å²) in [5.74, 6) is 0.485. The molecule has 9 heteroatoms. The second-order valence-electron chi connectivity index (χ2n) is 8.83. The molecule has 4 rings (SSSR count). The van der Waals surface area contributed by atoms with Gasteiger partial charge in [0.15, 0.2) is 5.78 Å². The molecule has 0 atom stereocenters. The van der Waals surface area contributed by atoms with E-state index in [2.05, 4.69) is 4.98 Å². The summed E-state index contributed by atoms with van der Waals surface area (Å²) in [7, 11) is 1.49. The van der Waals surface area contributed by atoms with Crippen LogP contribution in [0.3, 0.4) is 0 Å². The summed E-state index contributed by atoms with van der Waals surface area (Å²) in [5, 5.41) is 2.12. The van der Waals surface area contributed by atoms with Gasteiger partial charge in [-0.25, -0.2) is 4.98 Å². The van der Waals surface area contributed by atoms with Gasteiger partial charge < -0.3 is 14.5 Å². The first-order valence-electron chi connectivity index (χ1n) is 11.2. The molecule has 4 heterocycles. The smallest absolute Gasteiger partial charge is 0.254 e. The third kappa shape index (κ3) is 5.55. The van der Waals surface area contributed by atoms with Crippen LogP contribution in [0.2, 0.25) is 5.15 Å².